The quantitative estimate of drug-likeness (QED) is 0.194. The first-order valence-electron chi connectivity index (χ1n) is 17.7. The highest BCUT2D eigenvalue weighted by Gasteiger charge is 2.82. The zero-order valence-electron chi connectivity index (χ0n) is 28.1. The van der Waals surface area contributed by atoms with Crippen molar-refractivity contribution in [1.29, 1.82) is 0 Å². The first-order valence-corrected chi connectivity index (χ1v) is 17.7. The molecule has 6 nitrogen and oxygen atoms in total. The highest BCUT2D eigenvalue weighted by molar-refractivity contribution is 5.32. The van der Waals surface area contributed by atoms with Gasteiger partial charge in [-0.25, -0.2) is 0 Å². The fraction of sp³-hybridized carbons (Fsp3) is 0.946. The van der Waals surface area contributed by atoms with E-state index in [1.165, 1.54) is 63.4 Å². The first kappa shape index (κ1) is 32.4. The third-order valence-corrected chi connectivity index (χ3v) is 15.4. The summed E-state index contributed by atoms with van der Waals surface area (Å²) in [6.07, 6.45) is 7.55. The van der Waals surface area contributed by atoms with Crippen molar-refractivity contribution in [3.8, 4) is 0 Å². The van der Waals surface area contributed by atoms with E-state index in [2.05, 4.69) is 48.5 Å². The zero-order valence-corrected chi connectivity index (χ0v) is 28.1. The second-order valence-electron chi connectivity index (χ2n) is 17.7. The molecule has 1 aliphatic heterocycles. The molecule has 4 N–H and O–H groups in total. The molecule has 14 unspecified atom stereocenters. The summed E-state index contributed by atoms with van der Waals surface area (Å²) in [6, 6.07) is 0. The molecule has 14 atom stereocenters. The van der Waals surface area contributed by atoms with Crippen LogP contribution in [0.15, 0.2) is 12.2 Å². The van der Waals surface area contributed by atoms with Crippen LogP contribution in [0, 0.1) is 56.7 Å². The fourth-order valence-corrected chi connectivity index (χ4v) is 12.6. The lowest BCUT2D eigenvalue weighted by molar-refractivity contribution is -0.326. The van der Waals surface area contributed by atoms with E-state index in [4.69, 9.17) is 16.1 Å². The van der Waals surface area contributed by atoms with Gasteiger partial charge in [0, 0.05) is 0 Å². The van der Waals surface area contributed by atoms with Crippen molar-refractivity contribution in [3.63, 3.8) is 0 Å². The molecule has 0 aromatic carbocycles. The van der Waals surface area contributed by atoms with Gasteiger partial charge in [0.2, 0.25) is 0 Å². The van der Waals surface area contributed by atoms with Crippen LogP contribution in [-0.2, 0) is 9.47 Å². The van der Waals surface area contributed by atoms with Gasteiger partial charge in [0.25, 0.3) is 0 Å². The maximum Gasteiger partial charge on any atom is 0.186 e. The number of fused-ring (bicyclic) bond motifs is 2. The summed E-state index contributed by atoms with van der Waals surface area (Å²) in [6.45, 7) is 21.5. The second-order valence-corrected chi connectivity index (χ2v) is 17.7. The van der Waals surface area contributed by atoms with Crippen molar-refractivity contribution in [1.82, 2.24) is 0 Å². The number of allylic oxidation sites excluding steroid dienone is 1. The van der Waals surface area contributed by atoms with E-state index in [-0.39, 0.29) is 11.5 Å². The number of ether oxygens (including phenoxy) is 2. The van der Waals surface area contributed by atoms with Crippen LogP contribution < -0.4 is 0 Å². The molecule has 0 radical (unpaired) electrons. The average Bonchev–Trinajstić information content (AvgIpc) is 3.54. The van der Waals surface area contributed by atoms with Gasteiger partial charge in [0.15, 0.2) is 6.29 Å². The highest BCUT2D eigenvalue weighted by atomic mass is 16.7. The number of hydrogen-bond acceptors (Lipinski definition) is 6. The smallest absolute Gasteiger partial charge is 0.186 e. The Bertz CT molecular complexity index is 1070. The van der Waals surface area contributed by atoms with E-state index >= 15 is 0 Å². The molecule has 5 saturated carbocycles. The summed E-state index contributed by atoms with van der Waals surface area (Å²) in [7, 11) is 0. The Morgan fingerprint density at radius 3 is 2.16 bits per heavy atom. The van der Waals surface area contributed by atoms with Crippen LogP contribution in [0.4, 0.5) is 0 Å². The van der Waals surface area contributed by atoms with Gasteiger partial charge >= 0.3 is 0 Å². The van der Waals surface area contributed by atoms with Crippen LogP contribution in [0.3, 0.4) is 0 Å². The Balaban J connectivity index is 1.19. The maximum atomic E-state index is 10.7. The second kappa shape index (κ2) is 10.8. The van der Waals surface area contributed by atoms with E-state index in [0.717, 1.165) is 24.7 Å². The molecule has 6 fully saturated rings. The number of aliphatic hydroxyl groups excluding tert-OH is 4. The SMILES string of the molecule is C=C(C(C)CCC(C)C)C1CCC2(C)C3CCC4C(C)(C)C(OC5OC(CO)C(O)C(O)C5O)CCC45CC35CCC12C. The van der Waals surface area contributed by atoms with Gasteiger partial charge < -0.3 is 29.9 Å². The predicted octanol–water partition coefficient (Wildman–Crippen LogP) is 6.24. The Labute approximate surface area is 261 Å². The van der Waals surface area contributed by atoms with Crippen LogP contribution in [-0.4, -0.2) is 63.8 Å². The molecule has 6 rings (SSSR count). The highest BCUT2D eigenvalue weighted by Crippen LogP contribution is 2.89. The lowest BCUT2D eigenvalue weighted by Gasteiger charge is -2.63. The molecule has 6 heteroatoms. The summed E-state index contributed by atoms with van der Waals surface area (Å²) < 4.78 is 12.3. The Morgan fingerprint density at radius 2 is 1.49 bits per heavy atom. The molecule has 2 spiro atoms. The molecular weight excluding hydrogens is 540 g/mol. The van der Waals surface area contributed by atoms with Gasteiger partial charge in [0.1, 0.15) is 24.4 Å². The summed E-state index contributed by atoms with van der Waals surface area (Å²) >= 11 is 0. The minimum atomic E-state index is -1.40. The molecular formula is C37H62O6. The van der Waals surface area contributed by atoms with Gasteiger partial charge in [-0.05, 0) is 121 Å². The molecule has 5 aliphatic carbocycles. The molecule has 1 saturated heterocycles. The van der Waals surface area contributed by atoms with E-state index < -0.39 is 37.3 Å². The van der Waals surface area contributed by atoms with Crippen molar-refractivity contribution in [2.45, 2.75) is 156 Å². The third-order valence-electron chi connectivity index (χ3n) is 15.4. The summed E-state index contributed by atoms with van der Waals surface area (Å²) in [4.78, 5) is 0. The van der Waals surface area contributed by atoms with E-state index in [1.54, 1.807) is 0 Å². The van der Waals surface area contributed by atoms with Crippen LogP contribution >= 0.6 is 0 Å². The number of aliphatic hydroxyl groups is 4. The van der Waals surface area contributed by atoms with Crippen LogP contribution in [0.25, 0.3) is 0 Å². The van der Waals surface area contributed by atoms with Crippen molar-refractivity contribution >= 4 is 0 Å². The first-order chi connectivity index (χ1) is 20.1. The van der Waals surface area contributed by atoms with Crippen molar-refractivity contribution in [2.24, 2.45) is 56.7 Å². The van der Waals surface area contributed by atoms with Crippen molar-refractivity contribution in [3.05, 3.63) is 12.2 Å². The van der Waals surface area contributed by atoms with E-state index in [1.807, 2.05) is 0 Å². The molecule has 6 aliphatic rings. The fourth-order valence-electron chi connectivity index (χ4n) is 12.6. The largest absolute Gasteiger partial charge is 0.394 e. The monoisotopic (exact) mass is 602 g/mol. The van der Waals surface area contributed by atoms with Crippen molar-refractivity contribution < 1.29 is 29.9 Å². The van der Waals surface area contributed by atoms with Crippen LogP contribution in [0.5, 0.6) is 0 Å². The summed E-state index contributed by atoms with van der Waals surface area (Å²) in [5.41, 5.74) is 2.94. The third kappa shape index (κ3) is 4.46. The van der Waals surface area contributed by atoms with Gasteiger partial charge in [-0.1, -0.05) is 67.0 Å². The van der Waals surface area contributed by atoms with Crippen LogP contribution in [0.2, 0.25) is 0 Å². The number of rotatable bonds is 8. The molecule has 0 aromatic rings. The van der Waals surface area contributed by atoms with Crippen molar-refractivity contribution in [2.75, 3.05) is 6.61 Å². The van der Waals surface area contributed by atoms with Gasteiger partial charge in [0.05, 0.1) is 12.7 Å². The summed E-state index contributed by atoms with van der Waals surface area (Å²) in [5, 5.41) is 41.0. The zero-order chi connectivity index (χ0) is 31.3. The maximum absolute atomic E-state index is 10.7. The van der Waals surface area contributed by atoms with E-state index in [0.29, 0.717) is 39.4 Å². The lowest BCUT2D eigenvalue weighted by Crippen LogP contribution is -2.62. The molecule has 0 aromatic heterocycles. The van der Waals surface area contributed by atoms with E-state index in [9.17, 15) is 20.4 Å². The Hall–Kier alpha value is -0.500. The van der Waals surface area contributed by atoms with Gasteiger partial charge in [-0.15, -0.1) is 0 Å². The van der Waals surface area contributed by atoms with Gasteiger partial charge in [-0.2, -0.15) is 0 Å². The van der Waals surface area contributed by atoms with Gasteiger partial charge in [-0.3, -0.25) is 0 Å². The normalized spacial score (nSPS) is 52.5. The average molecular weight is 603 g/mol. The molecule has 0 amide bonds. The standard InChI is InChI=1S/C37H62O6/c1-21(2)9-10-22(3)23(4)24-13-15-35(8)27-12-11-26-33(5,6)28(43-32-31(41)30(40)29(39)25(19-38)42-32)14-16-36(26)20-37(27,36)18-17-34(24,35)7/h21-22,24-32,38-41H,4,9-20H2,1-3,5-8H3. The Morgan fingerprint density at radius 1 is 0.814 bits per heavy atom. The molecule has 1 heterocycles. The minimum absolute atomic E-state index is 0.106. The minimum Gasteiger partial charge on any atom is -0.394 e. The summed E-state index contributed by atoms with van der Waals surface area (Å²) in [5.74, 6) is 3.32. The molecule has 246 valence electrons. The molecule has 43 heavy (non-hydrogen) atoms. The topological polar surface area (TPSA) is 99.4 Å². The number of hydrogen-bond donors (Lipinski definition) is 4. The van der Waals surface area contributed by atoms with Crippen LogP contribution in [0.1, 0.15) is 119 Å². The lowest BCUT2D eigenvalue weighted by atomic mass is 9.42. The molecule has 0 bridgehead atoms. The predicted molar refractivity (Wildman–Crippen MR) is 168 cm³/mol. The Kier molecular flexibility index (Phi) is 8.13.